The summed E-state index contributed by atoms with van der Waals surface area (Å²) < 4.78 is 26.4. The standard InChI is InChI=1S/C31H46O4Si/c1-8-28-30(35-36(23(2)3,24(4)5)25(6)7)19-29(33-21-27-17-13-10-14-18-27)31(34-28)22-32-20-26-15-11-9-12-16-26/h8-18,23-25,28-31H,1,19-22H2,2-7H3/t28-,29+,30+,31+/m0/s1. The van der Waals surface area contributed by atoms with Gasteiger partial charge in [-0.05, 0) is 27.8 Å². The maximum Gasteiger partial charge on any atom is 0.200 e. The van der Waals surface area contributed by atoms with Gasteiger partial charge >= 0.3 is 0 Å². The van der Waals surface area contributed by atoms with Crippen molar-refractivity contribution in [2.45, 2.75) is 102 Å². The predicted molar refractivity (Wildman–Crippen MR) is 151 cm³/mol. The van der Waals surface area contributed by atoms with Crippen molar-refractivity contribution in [1.82, 2.24) is 0 Å². The molecular formula is C31H46O4Si. The van der Waals surface area contributed by atoms with Gasteiger partial charge in [0.25, 0.3) is 0 Å². The van der Waals surface area contributed by atoms with E-state index >= 15 is 0 Å². The van der Waals surface area contributed by atoms with E-state index in [0.717, 1.165) is 17.5 Å². The second-order valence-electron chi connectivity index (χ2n) is 10.9. The van der Waals surface area contributed by atoms with Gasteiger partial charge in [0.05, 0.1) is 32.0 Å². The van der Waals surface area contributed by atoms with Gasteiger partial charge in [-0.25, -0.2) is 0 Å². The maximum atomic E-state index is 7.19. The molecule has 4 nitrogen and oxygen atoms in total. The van der Waals surface area contributed by atoms with Gasteiger partial charge in [-0.2, -0.15) is 0 Å². The van der Waals surface area contributed by atoms with Crippen LogP contribution in [-0.2, 0) is 31.9 Å². The average Bonchev–Trinajstić information content (AvgIpc) is 2.87. The molecule has 2 aromatic rings. The molecular weight excluding hydrogens is 464 g/mol. The zero-order valence-corrected chi connectivity index (χ0v) is 24.1. The summed E-state index contributed by atoms with van der Waals surface area (Å²) in [5, 5.41) is 0. The summed E-state index contributed by atoms with van der Waals surface area (Å²) in [6.45, 7) is 19.6. The number of rotatable bonds is 13. The lowest BCUT2D eigenvalue weighted by atomic mass is 9.98. The summed E-state index contributed by atoms with van der Waals surface area (Å²) in [6, 6.07) is 20.6. The normalized spacial score (nSPS) is 22.9. The lowest BCUT2D eigenvalue weighted by molar-refractivity contribution is -0.187. The van der Waals surface area contributed by atoms with Crippen LogP contribution >= 0.6 is 0 Å². The van der Waals surface area contributed by atoms with Gasteiger partial charge in [0.2, 0.25) is 8.32 Å². The minimum Gasteiger partial charge on any atom is -0.410 e. The molecule has 0 aliphatic carbocycles. The number of ether oxygens (including phenoxy) is 3. The summed E-state index contributed by atoms with van der Waals surface area (Å²) in [5.41, 5.74) is 3.80. The van der Waals surface area contributed by atoms with Crippen molar-refractivity contribution in [2.75, 3.05) is 6.61 Å². The van der Waals surface area contributed by atoms with Crippen LogP contribution in [0.2, 0.25) is 16.6 Å². The smallest absolute Gasteiger partial charge is 0.200 e. The highest BCUT2D eigenvalue weighted by Gasteiger charge is 2.49. The highest BCUT2D eigenvalue weighted by molar-refractivity contribution is 6.77. The molecule has 0 amide bonds. The Labute approximate surface area is 220 Å². The Hall–Kier alpha value is -1.76. The molecule has 2 aromatic carbocycles. The van der Waals surface area contributed by atoms with E-state index in [2.05, 4.69) is 72.4 Å². The Morgan fingerprint density at radius 1 is 0.833 bits per heavy atom. The maximum absolute atomic E-state index is 7.19. The third kappa shape index (κ3) is 7.17. The van der Waals surface area contributed by atoms with E-state index in [9.17, 15) is 0 Å². The highest BCUT2D eigenvalue weighted by atomic mass is 28.4. The van der Waals surface area contributed by atoms with Crippen molar-refractivity contribution in [3.8, 4) is 0 Å². The van der Waals surface area contributed by atoms with Gasteiger partial charge in [-0.1, -0.05) is 108 Å². The van der Waals surface area contributed by atoms with E-state index in [1.165, 1.54) is 0 Å². The summed E-state index contributed by atoms with van der Waals surface area (Å²) in [5.74, 6) is 0. The fourth-order valence-corrected chi connectivity index (χ4v) is 11.4. The van der Waals surface area contributed by atoms with Gasteiger partial charge in [-0.3, -0.25) is 0 Å². The quantitative estimate of drug-likeness (QED) is 0.204. The van der Waals surface area contributed by atoms with Crippen LogP contribution in [0.1, 0.15) is 59.1 Å². The Kier molecular flexibility index (Phi) is 10.9. The first-order valence-corrected chi connectivity index (χ1v) is 15.6. The second kappa shape index (κ2) is 13.7. The van der Waals surface area contributed by atoms with Crippen LogP contribution in [0.25, 0.3) is 0 Å². The summed E-state index contributed by atoms with van der Waals surface area (Å²) in [7, 11) is -2.10. The summed E-state index contributed by atoms with van der Waals surface area (Å²) in [6.07, 6.45) is 2.10. The lowest BCUT2D eigenvalue weighted by Crippen LogP contribution is -2.57. The molecule has 0 unspecified atom stereocenters. The molecule has 1 aliphatic heterocycles. The van der Waals surface area contributed by atoms with E-state index in [4.69, 9.17) is 18.6 Å². The second-order valence-corrected chi connectivity index (χ2v) is 16.3. The van der Waals surface area contributed by atoms with Crippen molar-refractivity contribution in [3.05, 3.63) is 84.4 Å². The van der Waals surface area contributed by atoms with E-state index < -0.39 is 8.32 Å². The predicted octanol–water partition coefficient (Wildman–Crippen LogP) is 7.69. The van der Waals surface area contributed by atoms with Crippen LogP contribution in [0.5, 0.6) is 0 Å². The molecule has 0 spiro atoms. The molecule has 0 bridgehead atoms. The van der Waals surface area contributed by atoms with Crippen LogP contribution in [-0.4, -0.2) is 39.3 Å². The zero-order chi connectivity index (χ0) is 26.1. The lowest BCUT2D eigenvalue weighted by Gasteiger charge is -2.49. The van der Waals surface area contributed by atoms with Crippen LogP contribution in [0.15, 0.2) is 73.3 Å². The van der Waals surface area contributed by atoms with Gasteiger partial charge in [0.15, 0.2) is 0 Å². The minimum atomic E-state index is -2.10. The highest BCUT2D eigenvalue weighted by Crippen LogP contribution is 2.44. The first-order chi connectivity index (χ1) is 17.3. The van der Waals surface area contributed by atoms with Gasteiger partial charge in [0.1, 0.15) is 12.2 Å². The topological polar surface area (TPSA) is 36.9 Å². The first kappa shape index (κ1) is 28.8. The van der Waals surface area contributed by atoms with Crippen LogP contribution < -0.4 is 0 Å². The van der Waals surface area contributed by atoms with E-state index in [0.29, 0.717) is 36.4 Å². The molecule has 4 atom stereocenters. The van der Waals surface area contributed by atoms with Crippen molar-refractivity contribution in [1.29, 1.82) is 0 Å². The molecule has 198 valence electrons. The molecule has 36 heavy (non-hydrogen) atoms. The molecule has 3 rings (SSSR count). The van der Waals surface area contributed by atoms with Gasteiger partial charge in [0, 0.05) is 6.42 Å². The molecule has 1 aliphatic rings. The monoisotopic (exact) mass is 510 g/mol. The molecule has 0 N–H and O–H groups in total. The summed E-state index contributed by atoms with van der Waals surface area (Å²) in [4.78, 5) is 0. The van der Waals surface area contributed by atoms with Crippen molar-refractivity contribution in [3.63, 3.8) is 0 Å². The molecule has 5 heteroatoms. The minimum absolute atomic E-state index is 0.0764. The van der Waals surface area contributed by atoms with E-state index in [1.54, 1.807) is 0 Å². The molecule has 0 saturated carbocycles. The Balaban J connectivity index is 1.77. The van der Waals surface area contributed by atoms with Crippen molar-refractivity contribution in [2.24, 2.45) is 0 Å². The average molecular weight is 511 g/mol. The molecule has 1 saturated heterocycles. The van der Waals surface area contributed by atoms with E-state index in [-0.39, 0.29) is 24.4 Å². The molecule has 1 heterocycles. The van der Waals surface area contributed by atoms with Crippen LogP contribution in [0.4, 0.5) is 0 Å². The SMILES string of the molecule is C=C[C@@H]1O[C@H](COCc2ccccc2)[C@H](OCc2ccccc2)C[C@H]1O[Si](C(C)C)(C(C)C)C(C)C. The van der Waals surface area contributed by atoms with Crippen molar-refractivity contribution >= 4 is 8.32 Å². The zero-order valence-electron chi connectivity index (χ0n) is 23.1. The summed E-state index contributed by atoms with van der Waals surface area (Å²) >= 11 is 0. The van der Waals surface area contributed by atoms with E-state index in [1.807, 2.05) is 42.5 Å². The van der Waals surface area contributed by atoms with Gasteiger partial charge < -0.3 is 18.6 Å². The van der Waals surface area contributed by atoms with Crippen molar-refractivity contribution < 1.29 is 18.6 Å². The number of hydrogen-bond donors (Lipinski definition) is 0. The molecule has 0 aromatic heterocycles. The fraction of sp³-hybridized carbons (Fsp3) is 0.548. The third-order valence-corrected chi connectivity index (χ3v) is 13.7. The Morgan fingerprint density at radius 3 is 1.86 bits per heavy atom. The Bertz CT molecular complexity index is 878. The fourth-order valence-electron chi connectivity index (χ4n) is 5.85. The first-order valence-electron chi connectivity index (χ1n) is 13.5. The largest absolute Gasteiger partial charge is 0.410 e. The van der Waals surface area contributed by atoms with Crippen LogP contribution in [0.3, 0.4) is 0 Å². The molecule has 0 radical (unpaired) electrons. The number of hydrogen-bond acceptors (Lipinski definition) is 4. The van der Waals surface area contributed by atoms with Gasteiger partial charge in [-0.15, -0.1) is 6.58 Å². The van der Waals surface area contributed by atoms with Crippen LogP contribution in [0, 0.1) is 0 Å². The Morgan fingerprint density at radius 2 is 1.36 bits per heavy atom. The third-order valence-electron chi connectivity index (χ3n) is 7.57. The number of benzene rings is 2. The molecule has 1 fully saturated rings.